The summed E-state index contributed by atoms with van der Waals surface area (Å²) in [7, 11) is 0. The number of aliphatic carboxylic acids is 1. The van der Waals surface area contributed by atoms with Gasteiger partial charge in [-0.2, -0.15) is 0 Å². The highest BCUT2D eigenvalue weighted by Crippen LogP contribution is 2.01. The number of carboxylic acid groups (broad SMARTS) is 1. The molecule has 0 unspecified atom stereocenters. The zero-order chi connectivity index (χ0) is 21.0. The average molecular weight is 387 g/mol. The molecule has 3 amide bonds. The van der Waals surface area contributed by atoms with Gasteiger partial charge in [0.15, 0.2) is 5.96 Å². The van der Waals surface area contributed by atoms with Crippen LogP contribution in [0, 0.1) is 5.92 Å². The van der Waals surface area contributed by atoms with Crippen LogP contribution in [0.1, 0.15) is 26.7 Å². The topological polar surface area (TPSA) is 215 Å². The van der Waals surface area contributed by atoms with Crippen molar-refractivity contribution in [1.29, 1.82) is 0 Å². The Morgan fingerprint density at radius 3 is 2.19 bits per heavy atom. The lowest BCUT2D eigenvalue weighted by Gasteiger charge is -2.20. The Balaban J connectivity index is 4.68. The Morgan fingerprint density at radius 2 is 1.70 bits per heavy atom. The maximum atomic E-state index is 12.2. The number of carboxylic acids is 1. The molecule has 0 saturated carbocycles. The van der Waals surface area contributed by atoms with E-state index < -0.39 is 42.3 Å². The van der Waals surface area contributed by atoms with Crippen molar-refractivity contribution in [2.45, 2.75) is 38.8 Å². The van der Waals surface area contributed by atoms with Crippen LogP contribution in [0.15, 0.2) is 4.99 Å². The number of nitrogens with one attached hydrogen (secondary N) is 3. The number of nitrogens with zero attached hydrogens (tertiary/aromatic N) is 1. The molecule has 0 aliphatic carbocycles. The van der Waals surface area contributed by atoms with E-state index in [4.69, 9.17) is 22.3 Å². The summed E-state index contributed by atoms with van der Waals surface area (Å²) in [4.78, 5) is 50.4. The Kier molecular flexibility index (Phi) is 11.1. The van der Waals surface area contributed by atoms with Crippen molar-refractivity contribution in [2.24, 2.45) is 28.1 Å². The van der Waals surface area contributed by atoms with Gasteiger partial charge in [-0.15, -0.1) is 0 Å². The molecule has 0 aromatic carbocycles. The Bertz CT molecular complexity index is 561. The molecule has 10 N–H and O–H groups in total. The number of nitrogens with two attached hydrogens (primary N) is 3. The fraction of sp³-hybridized carbons (Fsp3) is 0.667. The third kappa shape index (κ3) is 10.6. The van der Waals surface area contributed by atoms with Crippen molar-refractivity contribution >= 4 is 29.7 Å². The molecule has 0 heterocycles. The molecule has 0 aromatic rings. The van der Waals surface area contributed by atoms with E-state index in [-0.39, 0.29) is 31.4 Å². The lowest BCUT2D eigenvalue weighted by Crippen LogP contribution is -2.52. The standard InChI is InChI=1S/C15H29N7O5/c1-8(2)12(14(26)27)22-11(24)7-20-13(25)9(21-10(23)6-16)4-3-5-19-15(17)18/h8-9,12H,3-7,16H2,1-2H3,(H,20,25)(H,21,23)(H,22,24)(H,26,27)(H4,17,18,19)/t9-,12-/m0/s1. The van der Waals surface area contributed by atoms with E-state index >= 15 is 0 Å². The Morgan fingerprint density at radius 1 is 1.07 bits per heavy atom. The first kappa shape index (κ1) is 24.1. The zero-order valence-electron chi connectivity index (χ0n) is 15.5. The number of carbonyl (C=O) groups excluding carboxylic acids is 3. The second kappa shape index (κ2) is 12.5. The highest BCUT2D eigenvalue weighted by Gasteiger charge is 2.24. The highest BCUT2D eigenvalue weighted by molar-refractivity contribution is 5.91. The molecular formula is C15H29N7O5. The monoisotopic (exact) mass is 387 g/mol. The molecule has 0 aromatic heterocycles. The smallest absolute Gasteiger partial charge is 0.326 e. The second-order valence-corrected chi connectivity index (χ2v) is 6.12. The van der Waals surface area contributed by atoms with Crippen molar-refractivity contribution < 1.29 is 24.3 Å². The van der Waals surface area contributed by atoms with Crippen molar-refractivity contribution in [3.8, 4) is 0 Å². The number of guanidine groups is 1. The number of rotatable bonds is 12. The summed E-state index contributed by atoms with van der Waals surface area (Å²) in [6, 6.07) is -2.00. The average Bonchev–Trinajstić information content (AvgIpc) is 2.58. The lowest BCUT2D eigenvalue weighted by molar-refractivity contribution is -0.143. The quantitative estimate of drug-likeness (QED) is 0.103. The molecular weight excluding hydrogens is 358 g/mol. The van der Waals surface area contributed by atoms with Crippen LogP contribution in [0.4, 0.5) is 0 Å². The van der Waals surface area contributed by atoms with E-state index in [9.17, 15) is 19.2 Å². The molecule has 12 heteroatoms. The first-order valence-corrected chi connectivity index (χ1v) is 8.43. The predicted molar refractivity (Wildman–Crippen MR) is 98.3 cm³/mol. The fourth-order valence-corrected chi connectivity index (χ4v) is 2.05. The largest absolute Gasteiger partial charge is 0.480 e. The maximum Gasteiger partial charge on any atom is 0.326 e. The van der Waals surface area contributed by atoms with E-state index in [0.29, 0.717) is 6.42 Å². The van der Waals surface area contributed by atoms with E-state index in [1.165, 1.54) is 0 Å². The van der Waals surface area contributed by atoms with Crippen LogP contribution in [0.5, 0.6) is 0 Å². The first-order valence-electron chi connectivity index (χ1n) is 8.43. The van der Waals surface area contributed by atoms with Crippen LogP contribution in [-0.4, -0.2) is 66.5 Å². The van der Waals surface area contributed by atoms with Gasteiger partial charge < -0.3 is 38.3 Å². The zero-order valence-corrected chi connectivity index (χ0v) is 15.5. The Labute approximate surface area is 157 Å². The van der Waals surface area contributed by atoms with E-state index in [2.05, 4.69) is 20.9 Å². The summed E-state index contributed by atoms with van der Waals surface area (Å²) in [6.45, 7) is 2.82. The van der Waals surface area contributed by atoms with Gasteiger partial charge in [-0.05, 0) is 18.8 Å². The van der Waals surface area contributed by atoms with Crippen molar-refractivity contribution in [3.05, 3.63) is 0 Å². The predicted octanol–water partition coefficient (Wildman–Crippen LogP) is -3.17. The summed E-state index contributed by atoms with van der Waals surface area (Å²) >= 11 is 0. The van der Waals surface area contributed by atoms with Crippen molar-refractivity contribution in [1.82, 2.24) is 16.0 Å². The Hall–Kier alpha value is -2.89. The van der Waals surface area contributed by atoms with Gasteiger partial charge in [-0.1, -0.05) is 13.8 Å². The molecule has 2 atom stereocenters. The minimum atomic E-state index is -1.17. The number of hydrogen-bond donors (Lipinski definition) is 7. The number of aliphatic imine (C=N–C) groups is 1. The van der Waals surface area contributed by atoms with Gasteiger partial charge in [0.2, 0.25) is 17.7 Å². The molecule has 0 rings (SSSR count). The van der Waals surface area contributed by atoms with Gasteiger partial charge in [0, 0.05) is 6.54 Å². The summed E-state index contributed by atoms with van der Waals surface area (Å²) < 4.78 is 0. The van der Waals surface area contributed by atoms with Crippen LogP contribution in [0.3, 0.4) is 0 Å². The third-order valence-corrected chi connectivity index (χ3v) is 3.45. The molecule has 12 nitrogen and oxygen atoms in total. The van der Waals surface area contributed by atoms with E-state index in [1.807, 2.05) is 0 Å². The summed E-state index contributed by atoms with van der Waals surface area (Å²) in [5.74, 6) is -3.38. The molecule has 0 spiro atoms. The lowest BCUT2D eigenvalue weighted by atomic mass is 10.0. The van der Waals surface area contributed by atoms with E-state index in [1.54, 1.807) is 13.8 Å². The van der Waals surface area contributed by atoms with Crippen LogP contribution in [0.25, 0.3) is 0 Å². The highest BCUT2D eigenvalue weighted by atomic mass is 16.4. The number of amides is 3. The van der Waals surface area contributed by atoms with Gasteiger partial charge in [0.25, 0.3) is 0 Å². The summed E-state index contributed by atoms with van der Waals surface area (Å²) in [5, 5.41) is 16.2. The van der Waals surface area contributed by atoms with Crippen LogP contribution < -0.4 is 33.2 Å². The SMILES string of the molecule is CC(C)[C@H](NC(=O)CNC(=O)[C@H](CCCN=C(N)N)NC(=O)CN)C(=O)O. The third-order valence-electron chi connectivity index (χ3n) is 3.45. The van der Waals surface area contributed by atoms with Gasteiger partial charge >= 0.3 is 5.97 Å². The minimum absolute atomic E-state index is 0.0863. The molecule has 0 saturated heterocycles. The molecule has 154 valence electrons. The maximum absolute atomic E-state index is 12.2. The van der Waals surface area contributed by atoms with Crippen LogP contribution >= 0.6 is 0 Å². The molecule has 0 bridgehead atoms. The van der Waals surface area contributed by atoms with Gasteiger partial charge in [-0.3, -0.25) is 19.4 Å². The number of hydrogen-bond acceptors (Lipinski definition) is 6. The summed E-state index contributed by atoms with van der Waals surface area (Å²) in [6.07, 6.45) is 0.626. The first-order chi connectivity index (χ1) is 12.6. The van der Waals surface area contributed by atoms with Crippen molar-refractivity contribution in [2.75, 3.05) is 19.6 Å². The number of carbonyl (C=O) groups is 4. The molecule has 0 aliphatic heterocycles. The van der Waals surface area contributed by atoms with Crippen LogP contribution in [-0.2, 0) is 19.2 Å². The molecule has 0 aliphatic rings. The molecule has 27 heavy (non-hydrogen) atoms. The molecule has 0 fully saturated rings. The van der Waals surface area contributed by atoms with Crippen molar-refractivity contribution in [3.63, 3.8) is 0 Å². The fourth-order valence-electron chi connectivity index (χ4n) is 2.05. The van der Waals surface area contributed by atoms with Gasteiger partial charge in [0.1, 0.15) is 12.1 Å². The summed E-state index contributed by atoms with van der Waals surface area (Å²) in [5.41, 5.74) is 15.7. The van der Waals surface area contributed by atoms with Gasteiger partial charge in [-0.25, -0.2) is 4.79 Å². The van der Waals surface area contributed by atoms with Gasteiger partial charge in [0.05, 0.1) is 13.1 Å². The molecule has 0 radical (unpaired) electrons. The minimum Gasteiger partial charge on any atom is -0.480 e. The normalized spacial score (nSPS) is 12.6. The second-order valence-electron chi connectivity index (χ2n) is 6.12. The van der Waals surface area contributed by atoms with Crippen LogP contribution in [0.2, 0.25) is 0 Å². The van der Waals surface area contributed by atoms with E-state index in [0.717, 1.165) is 0 Å².